The van der Waals surface area contributed by atoms with Crippen molar-refractivity contribution >= 4 is 12.1 Å². The standard InChI is InChI=1S/C16H16N2O4/c19-15(20)8-14-7-6-13(9-17-14)10-18-16(21)22-11-12-4-2-1-3-5-12/h1-7,9H,8,10-11H2,(H,18,21)(H,19,20). The van der Waals surface area contributed by atoms with Crippen LogP contribution in [0.5, 0.6) is 0 Å². The van der Waals surface area contributed by atoms with Gasteiger partial charge < -0.3 is 15.2 Å². The van der Waals surface area contributed by atoms with Crippen LogP contribution in [0.4, 0.5) is 4.79 Å². The number of carbonyl (C=O) groups excluding carboxylic acids is 1. The predicted molar refractivity (Wildman–Crippen MR) is 79.0 cm³/mol. The summed E-state index contributed by atoms with van der Waals surface area (Å²) >= 11 is 0. The van der Waals surface area contributed by atoms with E-state index in [-0.39, 0.29) is 19.6 Å². The van der Waals surface area contributed by atoms with Gasteiger partial charge in [-0.3, -0.25) is 9.78 Å². The normalized spacial score (nSPS) is 10.0. The summed E-state index contributed by atoms with van der Waals surface area (Å²) in [5.74, 6) is -0.928. The van der Waals surface area contributed by atoms with Crippen molar-refractivity contribution in [3.8, 4) is 0 Å². The van der Waals surface area contributed by atoms with Gasteiger partial charge in [0.15, 0.2) is 0 Å². The highest BCUT2D eigenvalue weighted by atomic mass is 16.5. The largest absolute Gasteiger partial charge is 0.481 e. The summed E-state index contributed by atoms with van der Waals surface area (Å²) in [6.07, 6.45) is 0.904. The molecule has 0 aliphatic rings. The average molecular weight is 300 g/mol. The molecule has 0 fully saturated rings. The molecule has 114 valence electrons. The molecular formula is C16H16N2O4. The van der Waals surface area contributed by atoms with E-state index in [1.54, 1.807) is 12.1 Å². The van der Waals surface area contributed by atoms with Crippen LogP contribution in [0.3, 0.4) is 0 Å². The minimum absolute atomic E-state index is 0.118. The van der Waals surface area contributed by atoms with E-state index in [1.165, 1.54) is 6.20 Å². The fraction of sp³-hybridized carbons (Fsp3) is 0.188. The number of rotatable bonds is 6. The molecule has 1 aromatic heterocycles. The second-order valence-corrected chi connectivity index (χ2v) is 4.64. The summed E-state index contributed by atoms with van der Waals surface area (Å²) in [5, 5.41) is 11.3. The smallest absolute Gasteiger partial charge is 0.407 e. The number of aromatic nitrogens is 1. The van der Waals surface area contributed by atoms with Crippen LogP contribution < -0.4 is 5.32 Å². The lowest BCUT2D eigenvalue weighted by atomic mass is 10.2. The van der Waals surface area contributed by atoms with Crippen LogP contribution in [-0.4, -0.2) is 22.2 Å². The highest BCUT2D eigenvalue weighted by Crippen LogP contribution is 2.03. The van der Waals surface area contributed by atoms with Crippen molar-refractivity contribution in [3.05, 3.63) is 65.5 Å². The molecular weight excluding hydrogens is 284 g/mol. The Labute approximate surface area is 127 Å². The van der Waals surface area contributed by atoms with Gasteiger partial charge in [0, 0.05) is 12.7 Å². The number of hydrogen-bond acceptors (Lipinski definition) is 4. The molecule has 0 unspecified atom stereocenters. The van der Waals surface area contributed by atoms with Gasteiger partial charge in [-0.05, 0) is 17.2 Å². The molecule has 0 radical (unpaired) electrons. The molecule has 0 saturated carbocycles. The van der Waals surface area contributed by atoms with Crippen LogP contribution in [0.25, 0.3) is 0 Å². The molecule has 0 aliphatic heterocycles. The Hall–Kier alpha value is -2.89. The Morgan fingerprint density at radius 1 is 1.09 bits per heavy atom. The molecule has 0 spiro atoms. The van der Waals surface area contributed by atoms with E-state index in [0.29, 0.717) is 5.69 Å². The second-order valence-electron chi connectivity index (χ2n) is 4.64. The van der Waals surface area contributed by atoms with Crippen LogP contribution in [0.2, 0.25) is 0 Å². The predicted octanol–water partition coefficient (Wildman–Crippen LogP) is 2.14. The van der Waals surface area contributed by atoms with Crippen LogP contribution >= 0.6 is 0 Å². The van der Waals surface area contributed by atoms with Crippen LogP contribution in [0, 0.1) is 0 Å². The molecule has 0 bridgehead atoms. The third-order valence-corrected chi connectivity index (χ3v) is 2.87. The van der Waals surface area contributed by atoms with Gasteiger partial charge in [-0.1, -0.05) is 36.4 Å². The van der Waals surface area contributed by atoms with Gasteiger partial charge in [-0.25, -0.2) is 4.79 Å². The lowest BCUT2D eigenvalue weighted by molar-refractivity contribution is -0.136. The zero-order chi connectivity index (χ0) is 15.8. The van der Waals surface area contributed by atoms with Crippen molar-refractivity contribution in [1.29, 1.82) is 0 Å². The summed E-state index contributed by atoms with van der Waals surface area (Å²) in [5.41, 5.74) is 2.16. The van der Waals surface area contributed by atoms with Crippen molar-refractivity contribution in [2.24, 2.45) is 0 Å². The second kappa shape index (κ2) is 7.78. The van der Waals surface area contributed by atoms with E-state index in [9.17, 15) is 9.59 Å². The molecule has 22 heavy (non-hydrogen) atoms. The Morgan fingerprint density at radius 3 is 2.50 bits per heavy atom. The van der Waals surface area contributed by atoms with Crippen LogP contribution in [0.1, 0.15) is 16.8 Å². The number of carbonyl (C=O) groups is 2. The minimum atomic E-state index is -0.928. The third-order valence-electron chi connectivity index (χ3n) is 2.87. The number of ether oxygens (including phenoxy) is 1. The van der Waals surface area contributed by atoms with E-state index < -0.39 is 12.1 Å². The van der Waals surface area contributed by atoms with Gasteiger partial charge in [0.05, 0.1) is 12.1 Å². The Kier molecular flexibility index (Phi) is 5.48. The van der Waals surface area contributed by atoms with Gasteiger partial charge in [-0.15, -0.1) is 0 Å². The lowest BCUT2D eigenvalue weighted by Gasteiger charge is -2.07. The molecule has 6 nitrogen and oxygen atoms in total. The number of benzene rings is 1. The van der Waals surface area contributed by atoms with E-state index in [2.05, 4.69) is 10.3 Å². The summed E-state index contributed by atoms with van der Waals surface area (Å²) in [7, 11) is 0. The summed E-state index contributed by atoms with van der Waals surface area (Å²) in [6.45, 7) is 0.483. The van der Waals surface area contributed by atoms with E-state index >= 15 is 0 Å². The fourth-order valence-corrected chi connectivity index (χ4v) is 1.77. The first-order valence-corrected chi connectivity index (χ1v) is 6.73. The molecule has 2 aromatic rings. The Bertz CT molecular complexity index is 626. The molecule has 1 aromatic carbocycles. The van der Waals surface area contributed by atoms with E-state index in [0.717, 1.165) is 11.1 Å². The number of hydrogen-bond donors (Lipinski definition) is 2. The first-order chi connectivity index (χ1) is 10.6. The number of pyridine rings is 1. The lowest BCUT2D eigenvalue weighted by Crippen LogP contribution is -2.23. The zero-order valence-corrected chi connectivity index (χ0v) is 11.9. The van der Waals surface area contributed by atoms with Crippen molar-refractivity contribution in [2.45, 2.75) is 19.6 Å². The number of alkyl carbamates (subject to hydrolysis) is 1. The summed E-state index contributed by atoms with van der Waals surface area (Å²) in [6, 6.07) is 12.7. The SMILES string of the molecule is O=C(O)Cc1ccc(CNC(=O)OCc2ccccc2)cn1. The highest BCUT2D eigenvalue weighted by Gasteiger charge is 2.04. The number of nitrogens with one attached hydrogen (secondary N) is 1. The zero-order valence-electron chi connectivity index (χ0n) is 11.9. The number of carboxylic acid groups (broad SMARTS) is 1. The maximum atomic E-state index is 11.6. The summed E-state index contributed by atoms with van der Waals surface area (Å²) < 4.78 is 5.08. The first-order valence-electron chi connectivity index (χ1n) is 6.73. The number of carboxylic acids is 1. The van der Waals surface area contributed by atoms with Gasteiger partial charge >= 0.3 is 12.1 Å². The number of amides is 1. The van der Waals surface area contributed by atoms with Crippen LogP contribution in [0.15, 0.2) is 48.7 Å². The molecule has 1 amide bonds. The first kappa shape index (κ1) is 15.5. The van der Waals surface area contributed by atoms with Gasteiger partial charge in [-0.2, -0.15) is 0 Å². The summed E-state index contributed by atoms with van der Waals surface area (Å²) in [4.78, 5) is 26.1. The van der Waals surface area contributed by atoms with E-state index in [4.69, 9.17) is 9.84 Å². The highest BCUT2D eigenvalue weighted by molar-refractivity contribution is 5.69. The van der Waals surface area contributed by atoms with Gasteiger partial charge in [0.25, 0.3) is 0 Å². The molecule has 0 atom stereocenters. The fourth-order valence-electron chi connectivity index (χ4n) is 1.77. The van der Waals surface area contributed by atoms with Crippen LogP contribution in [-0.2, 0) is 29.1 Å². The Morgan fingerprint density at radius 2 is 1.86 bits per heavy atom. The maximum absolute atomic E-state index is 11.6. The molecule has 0 aliphatic carbocycles. The van der Waals surface area contributed by atoms with Crippen molar-refractivity contribution < 1.29 is 19.4 Å². The topological polar surface area (TPSA) is 88.5 Å². The molecule has 1 heterocycles. The molecule has 0 saturated heterocycles. The molecule has 2 rings (SSSR count). The van der Waals surface area contributed by atoms with Gasteiger partial charge in [0.2, 0.25) is 0 Å². The Balaban J connectivity index is 1.75. The minimum Gasteiger partial charge on any atom is -0.481 e. The van der Waals surface area contributed by atoms with Crippen molar-refractivity contribution in [3.63, 3.8) is 0 Å². The molecule has 6 heteroatoms. The van der Waals surface area contributed by atoms with E-state index in [1.807, 2.05) is 30.3 Å². The van der Waals surface area contributed by atoms with Crippen molar-refractivity contribution in [2.75, 3.05) is 0 Å². The molecule has 2 N–H and O–H groups in total. The average Bonchev–Trinajstić information content (AvgIpc) is 2.53. The van der Waals surface area contributed by atoms with Crippen molar-refractivity contribution in [1.82, 2.24) is 10.3 Å². The van der Waals surface area contributed by atoms with Gasteiger partial charge in [0.1, 0.15) is 6.61 Å². The third kappa shape index (κ3) is 5.24. The number of aliphatic carboxylic acids is 1. The monoisotopic (exact) mass is 300 g/mol. The maximum Gasteiger partial charge on any atom is 0.407 e. The number of nitrogens with zero attached hydrogens (tertiary/aromatic N) is 1. The quantitative estimate of drug-likeness (QED) is 0.853.